The fourth-order valence-corrected chi connectivity index (χ4v) is 3.97. The van der Waals surface area contributed by atoms with E-state index in [1.165, 1.54) is 18.2 Å². The lowest BCUT2D eigenvalue weighted by Gasteiger charge is -2.20. The van der Waals surface area contributed by atoms with Gasteiger partial charge in [-0.15, -0.1) is 0 Å². The third-order valence-corrected chi connectivity index (χ3v) is 5.61. The van der Waals surface area contributed by atoms with Gasteiger partial charge in [0.1, 0.15) is 0 Å². The van der Waals surface area contributed by atoms with Gasteiger partial charge in [-0.3, -0.25) is 9.59 Å². The molecule has 0 saturated carbocycles. The Kier molecular flexibility index (Phi) is 5.15. The van der Waals surface area contributed by atoms with Gasteiger partial charge in [0.15, 0.2) is 22.2 Å². The lowest BCUT2D eigenvalue weighted by molar-refractivity contribution is -0.118. The third kappa shape index (κ3) is 4.14. The molecule has 2 aromatic carbocycles. The van der Waals surface area contributed by atoms with Gasteiger partial charge in [-0.05, 0) is 30.3 Å². The molecule has 0 saturated heterocycles. The van der Waals surface area contributed by atoms with E-state index in [1.54, 1.807) is 24.3 Å². The Balaban J connectivity index is 1.67. The van der Waals surface area contributed by atoms with Crippen molar-refractivity contribution in [1.82, 2.24) is 0 Å². The summed E-state index contributed by atoms with van der Waals surface area (Å²) >= 11 is 5.81. The van der Waals surface area contributed by atoms with Crippen LogP contribution in [0.4, 0.5) is 11.4 Å². The van der Waals surface area contributed by atoms with Crippen molar-refractivity contribution in [3.8, 4) is 5.75 Å². The molecule has 1 aliphatic rings. The molecule has 136 valence electrons. The van der Waals surface area contributed by atoms with Crippen LogP contribution in [-0.2, 0) is 19.4 Å². The van der Waals surface area contributed by atoms with E-state index in [0.29, 0.717) is 22.1 Å². The van der Waals surface area contributed by atoms with E-state index in [4.69, 9.17) is 16.3 Å². The molecule has 1 heterocycles. The molecule has 0 bridgehead atoms. The highest BCUT2D eigenvalue weighted by molar-refractivity contribution is 7.91. The Labute approximate surface area is 155 Å². The molecule has 0 atom stereocenters. The Bertz CT molecular complexity index is 975. The van der Waals surface area contributed by atoms with Crippen LogP contribution in [0, 0.1) is 0 Å². The summed E-state index contributed by atoms with van der Waals surface area (Å²) in [6, 6.07) is 10.8. The first kappa shape index (κ1) is 18.2. The topological polar surface area (TPSA) is 102 Å². The molecule has 0 radical (unpaired) electrons. The van der Waals surface area contributed by atoms with Gasteiger partial charge in [-0.2, -0.15) is 0 Å². The number of benzene rings is 2. The van der Waals surface area contributed by atoms with Crippen molar-refractivity contribution < 1.29 is 22.7 Å². The van der Waals surface area contributed by atoms with Gasteiger partial charge >= 0.3 is 0 Å². The highest BCUT2D eigenvalue weighted by atomic mass is 35.5. The molecule has 0 aromatic heterocycles. The van der Waals surface area contributed by atoms with Crippen molar-refractivity contribution in [1.29, 1.82) is 0 Å². The van der Waals surface area contributed by atoms with Gasteiger partial charge in [0.05, 0.1) is 22.0 Å². The van der Waals surface area contributed by atoms with E-state index in [2.05, 4.69) is 10.6 Å². The van der Waals surface area contributed by atoms with E-state index < -0.39 is 15.7 Å². The Hall–Kier alpha value is -2.58. The van der Waals surface area contributed by atoms with E-state index in [-0.39, 0.29) is 29.6 Å². The fraction of sp³-hybridized carbons (Fsp3) is 0.176. The zero-order valence-electron chi connectivity index (χ0n) is 13.5. The van der Waals surface area contributed by atoms with Gasteiger partial charge < -0.3 is 15.4 Å². The van der Waals surface area contributed by atoms with Crippen molar-refractivity contribution in [2.24, 2.45) is 0 Å². The second kappa shape index (κ2) is 7.35. The van der Waals surface area contributed by atoms with Gasteiger partial charge in [-0.1, -0.05) is 23.7 Å². The molecule has 0 spiro atoms. The summed E-state index contributed by atoms with van der Waals surface area (Å²) in [4.78, 5) is 23.6. The normalized spacial score (nSPS) is 13.3. The van der Waals surface area contributed by atoms with E-state index in [1.807, 2.05) is 0 Å². The number of nitrogens with one attached hydrogen (secondary N) is 2. The van der Waals surface area contributed by atoms with Crippen LogP contribution in [0.15, 0.2) is 47.4 Å². The monoisotopic (exact) mass is 394 g/mol. The molecule has 0 fully saturated rings. The summed E-state index contributed by atoms with van der Waals surface area (Å²) in [5.74, 6) is -0.776. The largest absolute Gasteiger partial charge is 0.479 e. The summed E-state index contributed by atoms with van der Waals surface area (Å²) < 4.78 is 29.9. The lowest BCUT2D eigenvalue weighted by Crippen LogP contribution is -2.26. The van der Waals surface area contributed by atoms with Crippen LogP contribution >= 0.6 is 11.6 Å². The molecule has 3 rings (SSSR count). The quantitative estimate of drug-likeness (QED) is 0.811. The number of hydrogen-bond donors (Lipinski definition) is 2. The average Bonchev–Trinajstić information content (AvgIpc) is 2.60. The van der Waals surface area contributed by atoms with Crippen molar-refractivity contribution in [2.75, 3.05) is 23.0 Å². The maximum atomic E-state index is 12.3. The summed E-state index contributed by atoms with van der Waals surface area (Å²) in [5.41, 5.74) is 0.818. The lowest BCUT2D eigenvalue weighted by atomic mass is 10.2. The van der Waals surface area contributed by atoms with Crippen molar-refractivity contribution in [3.63, 3.8) is 0 Å². The highest BCUT2D eigenvalue weighted by Crippen LogP contribution is 2.35. The van der Waals surface area contributed by atoms with Crippen molar-refractivity contribution >= 4 is 44.6 Å². The van der Waals surface area contributed by atoms with Gasteiger partial charge in [0, 0.05) is 11.4 Å². The minimum absolute atomic E-state index is 0.0703. The molecule has 9 heteroatoms. The molecule has 7 nitrogen and oxygen atoms in total. The molecular formula is C17H15ClN2O5S. The van der Waals surface area contributed by atoms with Crippen LogP contribution in [0.25, 0.3) is 0 Å². The summed E-state index contributed by atoms with van der Waals surface area (Å²) in [6.07, 6.45) is -0.231. The number of carbonyl (C=O) groups is 2. The molecule has 1 aliphatic heterocycles. The minimum atomic E-state index is -3.63. The first-order chi connectivity index (χ1) is 12.3. The number of ether oxygens (including phenoxy) is 1. The first-order valence-electron chi connectivity index (χ1n) is 7.69. The smallest absolute Gasteiger partial charge is 0.262 e. The number of anilines is 2. The maximum absolute atomic E-state index is 12.3. The number of halogens is 1. The Morgan fingerprint density at radius 3 is 2.77 bits per heavy atom. The molecule has 2 amide bonds. The number of hydrogen-bond acceptors (Lipinski definition) is 5. The molecular weight excluding hydrogens is 380 g/mol. The van der Waals surface area contributed by atoms with E-state index >= 15 is 0 Å². The second-order valence-corrected chi connectivity index (χ2v) is 8.14. The molecule has 2 aromatic rings. The number of fused-ring (bicyclic) bond motifs is 1. The summed E-state index contributed by atoms with van der Waals surface area (Å²) in [5, 5.41) is 5.56. The van der Waals surface area contributed by atoms with Crippen LogP contribution in [-0.4, -0.2) is 32.6 Å². The number of carbonyl (C=O) groups excluding carboxylic acids is 2. The zero-order chi connectivity index (χ0) is 18.7. The van der Waals surface area contributed by atoms with Crippen LogP contribution in [0.3, 0.4) is 0 Å². The Morgan fingerprint density at radius 2 is 2.00 bits per heavy atom. The van der Waals surface area contributed by atoms with Crippen LogP contribution < -0.4 is 15.4 Å². The maximum Gasteiger partial charge on any atom is 0.262 e. The van der Waals surface area contributed by atoms with Gasteiger partial charge in [0.25, 0.3) is 5.91 Å². The Morgan fingerprint density at radius 1 is 1.23 bits per heavy atom. The molecule has 2 N–H and O–H groups in total. The van der Waals surface area contributed by atoms with E-state index in [9.17, 15) is 18.0 Å². The number of rotatable bonds is 5. The zero-order valence-corrected chi connectivity index (χ0v) is 15.1. The molecule has 0 aliphatic carbocycles. The number of amides is 2. The van der Waals surface area contributed by atoms with Crippen molar-refractivity contribution in [3.05, 3.63) is 47.5 Å². The van der Waals surface area contributed by atoms with Gasteiger partial charge in [0.2, 0.25) is 5.91 Å². The first-order valence-corrected chi connectivity index (χ1v) is 9.72. The number of sulfone groups is 1. The standard InChI is InChI=1S/C17H15ClN2O5S/c18-11-3-1-4-12(9-11)26(23,24)8-7-15(21)19-13-5-2-6-14-17(13)25-10-16(22)20-14/h1-6,9H,7-8,10H2,(H,19,21)(H,20,22). The van der Waals surface area contributed by atoms with Gasteiger partial charge in [-0.25, -0.2) is 8.42 Å². The predicted octanol–water partition coefficient (Wildman–Crippen LogP) is 2.47. The molecule has 0 unspecified atom stereocenters. The highest BCUT2D eigenvalue weighted by Gasteiger charge is 2.21. The van der Waals surface area contributed by atoms with Crippen molar-refractivity contribution in [2.45, 2.75) is 11.3 Å². The predicted molar refractivity (Wildman–Crippen MR) is 97.3 cm³/mol. The summed E-state index contributed by atoms with van der Waals surface area (Å²) in [6.45, 7) is -0.150. The minimum Gasteiger partial charge on any atom is -0.479 e. The number of para-hydroxylation sites is 1. The average molecular weight is 395 g/mol. The third-order valence-electron chi connectivity index (χ3n) is 3.66. The van der Waals surface area contributed by atoms with E-state index in [0.717, 1.165) is 0 Å². The van der Waals surface area contributed by atoms with Crippen LogP contribution in [0.1, 0.15) is 6.42 Å². The molecule has 26 heavy (non-hydrogen) atoms. The van der Waals surface area contributed by atoms with Crippen LogP contribution in [0.5, 0.6) is 5.75 Å². The SMILES string of the molecule is O=C(CCS(=O)(=O)c1cccc(Cl)c1)Nc1cccc2c1OCC(=O)N2. The second-order valence-electron chi connectivity index (χ2n) is 5.59. The fourth-order valence-electron chi connectivity index (χ4n) is 2.43. The van der Waals surface area contributed by atoms with Crippen LogP contribution in [0.2, 0.25) is 5.02 Å². The summed E-state index contributed by atoms with van der Waals surface area (Å²) in [7, 11) is -3.63.